The van der Waals surface area contributed by atoms with Crippen LogP contribution in [-0.2, 0) is 19.4 Å². The Balaban J connectivity index is 2.25. The van der Waals surface area contributed by atoms with Gasteiger partial charge in [0.05, 0.1) is 11.5 Å². The number of carbonyl (C=O) groups is 1. The molecule has 6 heteroatoms. The van der Waals surface area contributed by atoms with Crippen LogP contribution in [-0.4, -0.2) is 25.6 Å². The number of hydrogen-bond donors (Lipinski definition) is 0. The molecule has 130 valence electrons. The first kappa shape index (κ1) is 17.2. The molecule has 1 atom stereocenters. The highest BCUT2D eigenvalue weighted by Crippen LogP contribution is 2.31. The second kappa shape index (κ2) is 6.72. The number of ether oxygens (including phenoxy) is 1. The molecule has 0 saturated carbocycles. The highest BCUT2D eigenvalue weighted by atomic mass is 32.2. The van der Waals surface area contributed by atoms with E-state index in [9.17, 15) is 13.2 Å². The minimum Gasteiger partial charge on any atom is -0.464 e. The Morgan fingerprint density at radius 3 is 2.40 bits per heavy atom. The Hall–Kier alpha value is -2.60. The molecule has 1 heterocycles. The lowest BCUT2D eigenvalue weighted by Crippen LogP contribution is -2.22. The summed E-state index contributed by atoms with van der Waals surface area (Å²) in [5.41, 5.74) is 0.678. The molecule has 0 aliphatic rings. The van der Waals surface area contributed by atoms with Crippen molar-refractivity contribution >= 4 is 26.7 Å². The fraction of sp³-hybridized carbons (Fsp3) is 0.211. The smallest absolute Gasteiger partial charge is 0.328 e. The second-order valence-electron chi connectivity index (χ2n) is 5.66. The Morgan fingerprint density at radius 2 is 1.72 bits per heavy atom. The summed E-state index contributed by atoms with van der Waals surface area (Å²) in [5, 5.41) is 0.841. The maximum Gasteiger partial charge on any atom is 0.328 e. The molecule has 0 aliphatic heterocycles. The van der Waals surface area contributed by atoms with Crippen molar-refractivity contribution in [3.05, 3.63) is 60.7 Å². The molecule has 3 rings (SSSR count). The highest BCUT2D eigenvalue weighted by molar-refractivity contribution is 7.91. The lowest BCUT2D eigenvalue weighted by atomic mass is 10.2. The Kier molecular flexibility index (Phi) is 4.63. The minimum atomic E-state index is -3.77. The number of fused-ring (bicyclic) bond motifs is 1. The molecule has 1 unspecified atom stereocenters. The zero-order chi connectivity index (χ0) is 18.0. The van der Waals surface area contributed by atoms with E-state index in [0.29, 0.717) is 5.52 Å². The van der Waals surface area contributed by atoms with Gasteiger partial charge in [-0.2, -0.15) is 0 Å². The molecule has 5 nitrogen and oxygen atoms in total. The van der Waals surface area contributed by atoms with Crippen molar-refractivity contribution in [2.45, 2.75) is 29.8 Å². The summed E-state index contributed by atoms with van der Waals surface area (Å²) in [6.07, 6.45) is 0. The van der Waals surface area contributed by atoms with Gasteiger partial charge in [0.1, 0.15) is 11.1 Å². The predicted octanol–water partition coefficient (Wildman–Crippen LogP) is 3.60. The van der Waals surface area contributed by atoms with Crippen LogP contribution in [0.2, 0.25) is 0 Å². The van der Waals surface area contributed by atoms with Gasteiger partial charge in [0.25, 0.3) is 0 Å². The van der Waals surface area contributed by atoms with Crippen LogP contribution in [0.25, 0.3) is 10.9 Å². The number of benzene rings is 2. The molecule has 0 fully saturated rings. The van der Waals surface area contributed by atoms with E-state index in [4.69, 9.17) is 4.74 Å². The van der Waals surface area contributed by atoms with E-state index in [1.54, 1.807) is 56.3 Å². The summed E-state index contributed by atoms with van der Waals surface area (Å²) in [7, 11) is -3.77. The van der Waals surface area contributed by atoms with Crippen molar-refractivity contribution in [2.24, 2.45) is 0 Å². The van der Waals surface area contributed by atoms with Crippen LogP contribution in [0.3, 0.4) is 0 Å². The average molecular weight is 357 g/mol. The molecule has 0 saturated heterocycles. The summed E-state index contributed by atoms with van der Waals surface area (Å²) in [6, 6.07) is 16.3. The molecular formula is C19H19NO4S. The molecule has 0 radical (unpaired) electrons. The Bertz CT molecular complexity index is 1010. The first-order valence-corrected chi connectivity index (χ1v) is 9.52. The third-order valence-corrected chi connectivity index (χ3v) is 5.81. The van der Waals surface area contributed by atoms with E-state index in [1.165, 1.54) is 4.57 Å². The standard InChI is InChI=1S/C19H19NO4S/c1-3-24-19(21)14(2)20-17-12-8-7-9-15(17)13-18(20)25(22,23)16-10-5-4-6-11-16/h4-14H,3H2,1-2H3. The van der Waals surface area contributed by atoms with Crippen LogP contribution < -0.4 is 0 Å². The van der Waals surface area contributed by atoms with Crippen molar-refractivity contribution in [3.63, 3.8) is 0 Å². The van der Waals surface area contributed by atoms with Gasteiger partial charge in [0.2, 0.25) is 9.84 Å². The third kappa shape index (κ3) is 3.05. The summed E-state index contributed by atoms with van der Waals surface area (Å²) >= 11 is 0. The van der Waals surface area contributed by atoms with E-state index in [0.717, 1.165) is 5.39 Å². The molecule has 1 aromatic heterocycles. The fourth-order valence-electron chi connectivity index (χ4n) is 2.85. The minimum absolute atomic E-state index is 0.0838. The normalized spacial score (nSPS) is 12.9. The number of carbonyl (C=O) groups excluding carboxylic acids is 1. The van der Waals surface area contributed by atoms with Crippen LogP contribution in [0.5, 0.6) is 0 Å². The molecule has 2 aromatic carbocycles. The number of hydrogen-bond acceptors (Lipinski definition) is 4. The maximum absolute atomic E-state index is 13.1. The van der Waals surface area contributed by atoms with Crippen LogP contribution in [0.15, 0.2) is 70.6 Å². The van der Waals surface area contributed by atoms with Gasteiger partial charge in [-0.3, -0.25) is 0 Å². The van der Waals surface area contributed by atoms with E-state index in [-0.39, 0.29) is 16.5 Å². The summed E-state index contributed by atoms with van der Waals surface area (Å²) in [6.45, 7) is 3.61. The molecule has 25 heavy (non-hydrogen) atoms. The van der Waals surface area contributed by atoms with Crippen molar-refractivity contribution < 1.29 is 17.9 Å². The number of para-hydroxylation sites is 1. The SMILES string of the molecule is CCOC(=O)C(C)n1c(S(=O)(=O)c2ccccc2)cc2ccccc21. The van der Waals surface area contributed by atoms with E-state index in [2.05, 4.69) is 0 Å². The Morgan fingerprint density at radius 1 is 1.08 bits per heavy atom. The van der Waals surface area contributed by atoms with Gasteiger partial charge < -0.3 is 9.30 Å². The summed E-state index contributed by atoms with van der Waals surface area (Å²) < 4.78 is 32.9. The van der Waals surface area contributed by atoms with Gasteiger partial charge in [-0.05, 0) is 38.1 Å². The van der Waals surface area contributed by atoms with Crippen molar-refractivity contribution in [2.75, 3.05) is 6.61 Å². The average Bonchev–Trinajstić information content (AvgIpc) is 3.02. The maximum atomic E-state index is 13.1. The molecule has 0 N–H and O–H groups in total. The predicted molar refractivity (Wildman–Crippen MR) is 95.2 cm³/mol. The van der Waals surface area contributed by atoms with Gasteiger partial charge in [0, 0.05) is 10.9 Å². The van der Waals surface area contributed by atoms with Crippen LogP contribution in [0.1, 0.15) is 19.9 Å². The van der Waals surface area contributed by atoms with Gasteiger partial charge in [-0.15, -0.1) is 0 Å². The van der Waals surface area contributed by atoms with Gasteiger partial charge in [-0.25, -0.2) is 13.2 Å². The Labute approximate surface area is 146 Å². The van der Waals surface area contributed by atoms with Crippen molar-refractivity contribution in [1.29, 1.82) is 0 Å². The van der Waals surface area contributed by atoms with E-state index in [1.807, 2.05) is 18.2 Å². The summed E-state index contributed by atoms with van der Waals surface area (Å²) in [5.74, 6) is -0.464. The second-order valence-corrected chi connectivity index (χ2v) is 7.55. The summed E-state index contributed by atoms with van der Waals surface area (Å²) in [4.78, 5) is 12.5. The number of aromatic nitrogens is 1. The largest absolute Gasteiger partial charge is 0.464 e. The van der Waals surface area contributed by atoms with Crippen LogP contribution >= 0.6 is 0 Å². The van der Waals surface area contributed by atoms with E-state index >= 15 is 0 Å². The first-order valence-electron chi connectivity index (χ1n) is 8.03. The number of sulfone groups is 1. The molecular weight excluding hydrogens is 338 g/mol. The van der Waals surface area contributed by atoms with E-state index < -0.39 is 21.8 Å². The first-order chi connectivity index (χ1) is 12.0. The highest BCUT2D eigenvalue weighted by Gasteiger charge is 2.29. The monoisotopic (exact) mass is 357 g/mol. The topological polar surface area (TPSA) is 65.4 Å². The molecule has 0 spiro atoms. The van der Waals surface area contributed by atoms with Gasteiger partial charge >= 0.3 is 5.97 Å². The van der Waals surface area contributed by atoms with Crippen LogP contribution in [0.4, 0.5) is 0 Å². The lowest BCUT2D eigenvalue weighted by molar-refractivity contribution is -0.146. The molecule has 0 aliphatic carbocycles. The molecule has 3 aromatic rings. The number of esters is 1. The van der Waals surface area contributed by atoms with Crippen LogP contribution in [0, 0.1) is 0 Å². The zero-order valence-corrected chi connectivity index (χ0v) is 14.9. The zero-order valence-electron chi connectivity index (χ0n) is 14.0. The number of rotatable bonds is 5. The molecule has 0 bridgehead atoms. The quantitative estimate of drug-likeness (QED) is 0.655. The van der Waals surface area contributed by atoms with Gasteiger partial charge in [0.15, 0.2) is 0 Å². The van der Waals surface area contributed by atoms with Crippen molar-refractivity contribution in [3.8, 4) is 0 Å². The third-order valence-electron chi connectivity index (χ3n) is 4.06. The fourth-order valence-corrected chi connectivity index (χ4v) is 4.40. The van der Waals surface area contributed by atoms with Gasteiger partial charge in [-0.1, -0.05) is 36.4 Å². The lowest BCUT2D eigenvalue weighted by Gasteiger charge is -2.17. The molecule has 0 amide bonds. The van der Waals surface area contributed by atoms with Crippen molar-refractivity contribution in [1.82, 2.24) is 4.57 Å². The number of nitrogens with zero attached hydrogens (tertiary/aromatic N) is 1.